The summed E-state index contributed by atoms with van der Waals surface area (Å²) in [5.74, 6) is 0.0837. The van der Waals surface area contributed by atoms with Gasteiger partial charge in [-0.2, -0.15) is 4.37 Å². The predicted molar refractivity (Wildman–Crippen MR) is 97.0 cm³/mol. The number of aromatic nitrogens is 2. The summed E-state index contributed by atoms with van der Waals surface area (Å²) in [5, 5.41) is 3.41. The Labute approximate surface area is 159 Å². The number of nitrogens with zero attached hydrogens (tertiary/aromatic N) is 4. The normalized spacial score (nSPS) is 26.7. The molecular weight excluding hydrogens is 373 g/mol. The van der Waals surface area contributed by atoms with Gasteiger partial charge in [0.1, 0.15) is 18.6 Å². The van der Waals surface area contributed by atoms with Crippen LogP contribution in [-0.2, 0) is 4.74 Å². The fourth-order valence-corrected chi connectivity index (χ4v) is 4.33. The number of carbonyl (C=O) groups excluding carboxylic acids is 1. The molecule has 4 heterocycles. The Morgan fingerprint density at radius 1 is 1.41 bits per heavy atom. The van der Waals surface area contributed by atoms with Gasteiger partial charge in [0.2, 0.25) is 5.88 Å². The lowest BCUT2D eigenvalue weighted by molar-refractivity contribution is 0.103. The molecule has 3 saturated heterocycles. The molecule has 2 bridgehead atoms. The van der Waals surface area contributed by atoms with Crippen LogP contribution in [0.4, 0.5) is 20.6 Å². The Morgan fingerprint density at radius 2 is 2.33 bits per heavy atom. The monoisotopic (exact) mass is 391 g/mol. The zero-order valence-corrected chi connectivity index (χ0v) is 15.2. The Kier molecular flexibility index (Phi) is 4.09. The number of halogens is 1. The topological polar surface area (TPSA) is 79.8 Å². The first-order valence-corrected chi connectivity index (χ1v) is 9.58. The van der Waals surface area contributed by atoms with E-state index in [2.05, 4.69) is 19.0 Å². The van der Waals surface area contributed by atoms with E-state index in [9.17, 15) is 9.18 Å². The van der Waals surface area contributed by atoms with Crippen LogP contribution in [0.2, 0.25) is 0 Å². The van der Waals surface area contributed by atoms with Gasteiger partial charge in [-0.05, 0) is 24.6 Å². The summed E-state index contributed by atoms with van der Waals surface area (Å²) >= 11 is 1.04. The molecule has 3 fully saturated rings. The fourth-order valence-electron chi connectivity index (χ4n) is 3.97. The molecule has 3 atom stereocenters. The maximum Gasteiger partial charge on any atom is 0.414 e. The third-order valence-corrected chi connectivity index (χ3v) is 5.70. The Morgan fingerprint density at radius 3 is 3.04 bits per heavy atom. The zero-order chi connectivity index (χ0) is 18.4. The van der Waals surface area contributed by atoms with Crippen molar-refractivity contribution in [2.45, 2.75) is 24.6 Å². The van der Waals surface area contributed by atoms with E-state index in [1.165, 1.54) is 17.2 Å². The smallest absolute Gasteiger partial charge is 0.414 e. The van der Waals surface area contributed by atoms with Crippen LogP contribution < -0.4 is 19.9 Å². The van der Waals surface area contributed by atoms with E-state index in [-0.39, 0.29) is 12.4 Å². The minimum Gasteiger partial charge on any atom is -0.472 e. The number of fused-ring (bicyclic) bond motifs is 2. The van der Waals surface area contributed by atoms with E-state index in [4.69, 9.17) is 9.47 Å². The Bertz CT molecular complexity index is 851. The molecule has 142 valence electrons. The van der Waals surface area contributed by atoms with Crippen molar-refractivity contribution in [3.05, 3.63) is 30.2 Å². The molecule has 0 aliphatic carbocycles. The summed E-state index contributed by atoms with van der Waals surface area (Å²) < 4.78 is 33.3. The minimum absolute atomic E-state index is 0.179. The molecule has 1 N–H and O–H groups in total. The standard InChI is InChI=1S/C17H18FN5O3S/c18-14-4-11(1-2-15(14)22-7-10-3-12(22)5-19-10)23-8-13(26-17(23)24)9-25-16-6-20-27-21-16/h1-2,4,6,10,12-13,19H,3,5,7-9H2. The maximum atomic E-state index is 14.8. The van der Waals surface area contributed by atoms with Crippen LogP contribution in [0.1, 0.15) is 6.42 Å². The Balaban J connectivity index is 1.27. The first kappa shape index (κ1) is 16.7. The number of hydrogen-bond donors (Lipinski definition) is 1. The Hall–Kier alpha value is -2.46. The summed E-state index contributed by atoms with van der Waals surface area (Å²) in [4.78, 5) is 15.7. The van der Waals surface area contributed by atoms with Crippen molar-refractivity contribution in [3.63, 3.8) is 0 Å². The number of nitrogens with one attached hydrogen (secondary N) is 1. The van der Waals surface area contributed by atoms with E-state index in [0.717, 1.165) is 31.2 Å². The highest BCUT2D eigenvalue weighted by molar-refractivity contribution is 6.99. The van der Waals surface area contributed by atoms with Gasteiger partial charge in [-0.1, -0.05) is 0 Å². The van der Waals surface area contributed by atoms with Gasteiger partial charge >= 0.3 is 6.09 Å². The van der Waals surface area contributed by atoms with Gasteiger partial charge in [0.25, 0.3) is 0 Å². The van der Waals surface area contributed by atoms with E-state index in [1.807, 2.05) is 0 Å². The largest absolute Gasteiger partial charge is 0.472 e. The molecule has 10 heteroatoms. The SMILES string of the molecule is O=C1OC(COc2cnsn2)CN1c1ccc(N2CC3CC2CN3)c(F)c1. The van der Waals surface area contributed by atoms with Gasteiger partial charge in [0, 0.05) is 25.2 Å². The van der Waals surface area contributed by atoms with Crippen molar-refractivity contribution < 1.29 is 18.7 Å². The second kappa shape index (κ2) is 6.61. The molecule has 0 spiro atoms. The number of rotatable bonds is 5. The van der Waals surface area contributed by atoms with Gasteiger partial charge < -0.3 is 19.7 Å². The van der Waals surface area contributed by atoms with Crippen LogP contribution in [0.5, 0.6) is 5.88 Å². The average molecular weight is 391 g/mol. The predicted octanol–water partition coefficient (Wildman–Crippen LogP) is 1.63. The second-order valence-electron chi connectivity index (χ2n) is 6.96. The number of hydrogen-bond acceptors (Lipinski definition) is 8. The van der Waals surface area contributed by atoms with E-state index >= 15 is 0 Å². The van der Waals surface area contributed by atoms with Gasteiger partial charge in [-0.25, -0.2) is 9.18 Å². The summed E-state index contributed by atoms with van der Waals surface area (Å²) in [5.41, 5.74) is 1.08. The molecule has 1 aromatic heterocycles. The number of amides is 1. The van der Waals surface area contributed by atoms with Crippen LogP contribution in [0, 0.1) is 5.82 Å². The maximum absolute atomic E-state index is 14.8. The number of benzene rings is 1. The summed E-state index contributed by atoms with van der Waals surface area (Å²) in [6, 6.07) is 5.71. The molecule has 0 saturated carbocycles. The van der Waals surface area contributed by atoms with Crippen molar-refractivity contribution in [1.82, 2.24) is 14.1 Å². The third kappa shape index (κ3) is 3.08. The average Bonchev–Trinajstić information content (AvgIpc) is 3.44. The molecule has 5 rings (SSSR count). The molecule has 1 amide bonds. The van der Waals surface area contributed by atoms with Gasteiger partial charge in [0.15, 0.2) is 6.10 Å². The van der Waals surface area contributed by atoms with Gasteiger partial charge in [-0.3, -0.25) is 4.90 Å². The number of cyclic esters (lactones) is 1. The molecule has 1 aromatic carbocycles. The number of ether oxygens (including phenoxy) is 2. The van der Waals surface area contributed by atoms with Crippen LogP contribution in [0.25, 0.3) is 0 Å². The molecule has 3 aliphatic rings. The second-order valence-corrected chi connectivity index (χ2v) is 7.51. The highest BCUT2D eigenvalue weighted by Crippen LogP contribution is 2.33. The number of anilines is 2. The van der Waals surface area contributed by atoms with Crippen molar-refractivity contribution >= 4 is 29.2 Å². The van der Waals surface area contributed by atoms with Crippen molar-refractivity contribution in [2.75, 3.05) is 36.0 Å². The van der Waals surface area contributed by atoms with E-state index in [0.29, 0.717) is 35.9 Å². The van der Waals surface area contributed by atoms with Crippen LogP contribution in [0.3, 0.4) is 0 Å². The molecule has 27 heavy (non-hydrogen) atoms. The zero-order valence-electron chi connectivity index (χ0n) is 14.4. The highest BCUT2D eigenvalue weighted by atomic mass is 32.1. The molecule has 3 aliphatic heterocycles. The highest BCUT2D eigenvalue weighted by Gasteiger charge is 2.39. The first-order chi connectivity index (χ1) is 13.2. The third-order valence-electron chi connectivity index (χ3n) is 5.24. The summed E-state index contributed by atoms with van der Waals surface area (Å²) in [6.45, 7) is 2.18. The molecule has 2 aromatic rings. The molecular formula is C17H18FN5O3S. The molecule has 8 nitrogen and oxygen atoms in total. The quantitative estimate of drug-likeness (QED) is 0.830. The lowest BCUT2D eigenvalue weighted by Gasteiger charge is -2.30. The van der Waals surface area contributed by atoms with Crippen molar-refractivity contribution in [3.8, 4) is 5.88 Å². The van der Waals surface area contributed by atoms with E-state index < -0.39 is 12.2 Å². The number of carbonyl (C=O) groups is 1. The van der Waals surface area contributed by atoms with Crippen LogP contribution in [0.15, 0.2) is 24.4 Å². The number of piperazine rings is 1. The van der Waals surface area contributed by atoms with Crippen LogP contribution in [-0.4, -0.2) is 59.3 Å². The van der Waals surface area contributed by atoms with Crippen molar-refractivity contribution in [1.29, 1.82) is 0 Å². The van der Waals surface area contributed by atoms with E-state index in [1.54, 1.807) is 12.1 Å². The lowest BCUT2D eigenvalue weighted by atomic mass is 10.2. The molecule has 0 radical (unpaired) electrons. The fraction of sp³-hybridized carbons (Fsp3) is 0.471. The van der Waals surface area contributed by atoms with Crippen LogP contribution >= 0.6 is 11.7 Å². The summed E-state index contributed by atoms with van der Waals surface area (Å²) in [6.07, 6.45) is 1.61. The van der Waals surface area contributed by atoms with Crippen molar-refractivity contribution in [2.24, 2.45) is 0 Å². The van der Waals surface area contributed by atoms with Gasteiger partial charge in [0.05, 0.1) is 29.6 Å². The van der Waals surface area contributed by atoms with Gasteiger partial charge in [-0.15, -0.1) is 4.37 Å². The molecule has 3 unspecified atom stereocenters. The summed E-state index contributed by atoms with van der Waals surface area (Å²) in [7, 11) is 0. The first-order valence-electron chi connectivity index (χ1n) is 8.85. The minimum atomic E-state index is -0.503. The lowest BCUT2D eigenvalue weighted by Crippen LogP contribution is -2.44.